The molecule has 2 aromatic carbocycles. The predicted octanol–water partition coefficient (Wildman–Crippen LogP) is 7.97. The van der Waals surface area contributed by atoms with Gasteiger partial charge in [0, 0.05) is 0 Å². The zero-order valence-electron chi connectivity index (χ0n) is 18.7. The molecule has 0 heterocycles. The van der Waals surface area contributed by atoms with Crippen molar-refractivity contribution < 1.29 is 27.4 Å². The topological polar surface area (TPSA) is 35.5 Å². The average molecular weight is 449 g/mol. The highest BCUT2D eigenvalue weighted by Gasteiger charge is 2.33. The number of halogens is 3. The van der Waals surface area contributed by atoms with Crippen LogP contribution < -0.4 is 4.74 Å². The summed E-state index contributed by atoms with van der Waals surface area (Å²) in [7, 11) is 0. The second-order valence-corrected chi connectivity index (χ2v) is 8.55. The van der Waals surface area contributed by atoms with Crippen LogP contribution in [-0.2, 0) is 4.74 Å². The summed E-state index contributed by atoms with van der Waals surface area (Å²) in [6.45, 7) is 3.85. The highest BCUT2D eigenvalue weighted by Crippen LogP contribution is 2.38. The maximum Gasteiger partial charge on any atom is 0.523 e. The summed E-state index contributed by atoms with van der Waals surface area (Å²) in [6.07, 6.45) is 1.87. The number of benzene rings is 2. The third kappa shape index (κ3) is 6.83. The van der Waals surface area contributed by atoms with Crippen molar-refractivity contribution in [2.24, 2.45) is 5.92 Å². The lowest BCUT2D eigenvalue weighted by atomic mass is 9.77. The lowest BCUT2D eigenvalue weighted by Crippen LogP contribution is -2.18. The summed E-state index contributed by atoms with van der Waals surface area (Å²) in [4.78, 5) is 12.4. The van der Waals surface area contributed by atoms with E-state index in [1.165, 1.54) is 68.4 Å². The minimum Gasteiger partial charge on any atom is -0.423 e. The molecule has 6 heteroatoms. The van der Waals surface area contributed by atoms with Crippen LogP contribution >= 0.6 is 0 Å². The molecule has 0 amide bonds. The Morgan fingerprint density at radius 3 is 2.12 bits per heavy atom. The van der Waals surface area contributed by atoms with Gasteiger partial charge in [-0.2, -0.15) is 0 Å². The van der Waals surface area contributed by atoms with Gasteiger partial charge in [0.2, 0.25) is 0 Å². The van der Waals surface area contributed by atoms with Gasteiger partial charge in [0.05, 0.1) is 11.7 Å². The quantitative estimate of drug-likeness (QED) is 0.303. The van der Waals surface area contributed by atoms with E-state index < -0.39 is 18.4 Å². The van der Waals surface area contributed by atoms with Gasteiger partial charge in [0.1, 0.15) is 5.75 Å². The molecular weight excluding hydrogens is 417 g/mol. The maximum absolute atomic E-state index is 12.5. The maximum atomic E-state index is 12.5. The van der Waals surface area contributed by atoms with Crippen molar-refractivity contribution in [3.8, 4) is 5.75 Å². The van der Waals surface area contributed by atoms with Crippen molar-refractivity contribution >= 4 is 5.97 Å². The van der Waals surface area contributed by atoms with E-state index in [4.69, 9.17) is 4.74 Å². The van der Waals surface area contributed by atoms with E-state index >= 15 is 0 Å². The zero-order chi connectivity index (χ0) is 23.1. The first-order valence-electron chi connectivity index (χ1n) is 11.5. The summed E-state index contributed by atoms with van der Waals surface area (Å²) in [5.74, 6) is 1.32. The van der Waals surface area contributed by atoms with Gasteiger partial charge in [0.15, 0.2) is 0 Å². The van der Waals surface area contributed by atoms with Crippen LogP contribution in [0.15, 0.2) is 48.5 Å². The van der Waals surface area contributed by atoms with Crippen LogP contribution in [0.1, 0.15) is 92.3 Å². The molecule has 3 rings (SSSR count). The number of hydrogen-bond donors (Lipinski definition) is 0. The van der Waals surface area contributed by atoms with Crippen molar-refractivity contribution in [2.75, 3.05) is 0 Å². The van der Waals surface area contributed by atoms with Gasteiger partial charge in [-0.1, -0.05) is 51.0 Å². The fraction of sp³-hybridized carbons (Fsp3) is 0.500. The number of ether oxygens (including phenoxy) is 2. The fourth-order valence-corrected chi connectivity index (χ4v) is 4.55. The minimum atomic E-state index is -4.71. The Morgan fingerprint density at radius 1 is 0.969 bits per heavy atom. The lowest BCUT2D eigenvalue weighted by molar-refractivity contribution is -0.345. The molecule has 0 aromatic heterocycles. The van der Waals surface area contributed by atoms with Crippen LogP contribution in [0.25, 0.3) is 0 Å². The van der Waals surface area contributed by atoms with Crippen molar-refractivity contribution in [3.05, 3.63) is 65.2 Å². The lowest BCUT2D eigenvalue weighted by Gasteiger charge is -2.28. The Balaban J connectivity index is 1.56. The Hall–Kier alpha value is -2.34. The van der Waals surface area contributed by atoms with E-state index in [0.29, 0.717) is 17.2 Å². The monoisotopic (exact) mass is 448 g/mol. The van der Waals surface area contributed by atoms with Crippen LogP contribution in [0.3, 0.4) is 0 Å². The van der Waals surface area contributed by atoms with E-state index in [2.05, 4.69) is 11.7 Å². The van der Waals surface area contributed by atoms with Gasteiger partial charge >= 0.3 is 12.3 Å². The van der Waals surface area contributed by atoms with Crippen molar-refractivity contribution in [2.45, 2.75) is 77.2 Å². The van der Waals surface area contributed by atoms with E-state index in [1.807, 2.05) is 24.3 Å². The predicted molar refractivity (Wildman–Crippen MR) is 118 cm³/mol. The van der Waals surface area contributed by atoms with E-state index in [9.17, 15) is 18.0 Å². The minimum absolute atomic E-state index is 0.163. The van der Waals surface area contributed by atoms with Crippen molar-refractivity contribution in [1.29, 1.82) is 0 Å². The SMILES string of the molecule is CCCC1CCC(c2ccc(OC(=O)c3ccc(C(CC)OC(F)(F)F)cc3)cc2)CC1. The summed E-state index contributed by atoms with van der Waals surface area (Å²) >= 11 is 0. The number of carbonyl (C=O) groups excluding carboxylic acids is 1. The van der Waals surface area contributed by atoms with Gasteiger partial charge in [-0.05, 0) is 79.3 Å². The molecule has 1 fully saturated rings. The zero-order valence-corrected chi connectivity index (χ0v) is 18.7. The third-order valence-corrected chi connectivity index (χ3v) is 6.27. The molecule has 1 unspecified atom stereocenters. The van der Waals surface area contributed by atoms with E-state index in [-0.39, 0.29) is 12.0 Å². The Labute approximate surface area is 187 Å². The van der Waals surface area contributed by atoms with Gasteiger partial charge in [0.25, 0.3) is 0 Å². The van der Waals surface area contributed by atoms with Crippen LogP contribution in [-0.4, -0.2) is 12.3 Å². The Bertz CT molecular complexity index is 851. The second-order valence-electron chi connectivity index (χ2n) is 8.55. The number of carbonyl (C=O) groups is 1. The number of hydrogen-bond acceptors (Lipinski definition) is 3. The molecule has 0 aliphatic heterocycles. The summed E-state index contributed by atoms with van der Waals surface area (Å²) in [6, 6.07) is 13.5. The Kier molecular flexibility index (Phi) is 8.35. The summed E-state index contributed by atoms with van der Waals surface area (Å²) in [5.41, 5.74) is 1.91. The van der Waals surface area contributed by atoms with Crippen LogP contribution in [0.5, 0.6) is 5.75 Å². The first kappa shape index (κ1) is 24.3. The molecule has 3 nitrogen and oxygen atoms in total. The molecular formula is C26H31F3O3. The molecule has 174 valence electrons. The van der Waals surface area contributed by atoms with Gasteiger partial charge < -0.3 is 4.74 Å². The van der Waals surface area contributed by atoms with E-state index in [1.54, 1.807) is 6.92 Å². The molecule has 2 aromatic rings. The molecule has 0 radical (unpaired) electrons. The smallest absolute Gasteiger partial charge is 0.423 e. The number of esters is 1. The normalized spacial score (nSPS) is 20.0. The molecule has 1 atom stereocenters. The van der Waals surface area contributed by atoms with Crippen LogP contribution in [0, 0.1) is 5.92 Å². The Morgan fingerprint density at radius 2 is 1.59 bits per heavy atom. The average Bonchev–Trinajstić information content (AvgIpc) is 2.78. The standard InChI is InChI=1S/C26H31F3O3/c1-3-5-18-6-8-19(9-7-18)20-14-16-23(17-15-20)31-25(30)22-12-10-21(11-13-22)24(4-2)32-26(27,28)29/h10-19,24H,3-9H2,1-2H3. The first-order valence-corrected chi connectivity index (χ1v) is 11.5. The largest absolute Gasteiger partial charge is 0.523 e. The van der Waals surface area contributed by atoms with Crippen LogP contribution in [0.2, 0.25) is 0 Å². The molecule has 0 N–H and O–H groups in total. The highest BCUT2D eigenvalue weighted by atomic mass is 19.4. The number of alkyl halides is 3. The summed E-state index contributed by atoms with van der Waals surface area (Å²) < 4.78 is 47.2. The first-order chi connectivity index (χ1) is 15.3. The van der Waals surface area contributed by atoms with Gasteiger partial charge in [-0.15, -0.1) is 13.2 Å². The van der Waals surface area contributed by atoms with Crippen molar-refractivity contribution in [3.63, 3.8) is 0 Å². The highest BCUT2D eigenvalue weighted by molar-refractivity contribution is 5.91. The molecule has 32 heavy (non-hydrogen) atoms. The number of rotatable bonds is 8. The third-order valence-electron chi connectivity index (χ3n) is 6.27. The molecule has 0 bridgehead atoms. The van der Waals surface area contributed by atoms with Crippen LogP contribution in [0.4, 0.5) is 13.2 Å². The van der Waals surface area contributed by atoms with Crippen molar-refractivity contribution in [1.82, 2.24) is 0 Å². The fourth-order valence-electron chi connectivity index (χ4n) is 4.55. The molecule has 1 aliphatic rings. The molecule has 0 saturated heterocycles. The molecule has 0 spiro atoms. The summed E-state index contributed by atoms with van der Waals surface area (Å²) in [5, 5.41) is 0. The molecule has 1 aliphatic carbocycles. The molecule has 1 saturated carbocycles. The van der Waals surface area contributed by atoms with Gasteiger partial charge in [-0.25, -0.2) is 4.79 Å². The second kappa shape index (κ2) is 11.0. The van der Waals surface area contributed by atoms with E-state index in [0.717, 1.165) is 5.92 Å². The van der Waals surface area contributed by atoms with Gasteiger partial charge in [-0.3, -0.25) is 4.74 Å².